The predicted octanol–water partition coefficient (Wildman–Crippen LogP) is 2.88. The summed E-state index contributed by atoms with van der Waals surface area (Å²) in [6, 6.07) is 0. The van der Waals surface area contributed by atoms with E-state index < -0.39 is 21.9 Å². The molecule has 1 unspecified atom stereocenters. The van der Waals surface area contributed by atoms with Crippen molar-refractivity contribution in [3.63, 3.8) is 0 Å². The molecule has 0 fully saturated rings. The van der Waals surface area contributed by atoms with Crippen LogP contribution in [0.15, 0.2) is 8.57 Å². The van der Waals surface area contributed by atoms with Crippen molar-refractivity contribution in [2.75, 3.05) is 5.32 Å². The van der Waals surface area contributed by atoms with E-state index in [4.69, 9.17) is 5.14 Å². The first kappa shape index (κ1) is 21.6. The third-order valence-corrected chi connectivity index (χ3v) is 9.21. The van der Waals surface area contributed by atoms with Gasteiger partial charge in [0.1, 0.15) is 30.6 Å². The predicted molar refractivity (Wildman–Crippen MR) is 115 cm³/mol. The standard InChI is InChI=1S/C20H27FN4O3S2/c1-10-17(29-18(23-10)20(2,3)27)30(22,28)25-19(26)24-16-13-8-4-6-11(13)15(21)12-7-5-9-14(12)16/h19,24,26-27H,4-9H2,1-3H3,(H2,22,25,28)/t19?,30-/m1/s1. The number of benzene rings is 1. The smallest absolute Gasteiger partial charge is 0.233 e. The SMILES string of the molecule is Cc1nc(C(C)(C)O)sc1[S@](N)(=O)=NC(O)Nc1c2c(c(F)c3c1CCC3)CCC2. The molecule has 2 aliphatic rings. The molecule has 0 saturated carbocycles. The van der Waals surface area contributed by atoms with Crippen molar-refractivity contribution >= 4 is 26.9 Å². The van der Waals surface area contributed by atoms with Crippen molar-refractivity contribution in [3.8, 4) is 0 Å². The second kappa shape index (κ2) is 7.52. The summed E-state index contributed by atoms with van der Waals surface area (Å²) >= 11 is 1.02. The number of aliphatic hydroxyl groups is 2. The molecule has 0 spiro atoms. The van der Waals surface area contributed by atoms with Crippen LogP contribution in [0.4, 0.5) is 10.1 Å². The van der Waals surface area contributed by atoms with E-state index in [1.165, 1.54) is 0 Å². The van der Waals surface area contributed by atoms with Crippen molar-refractivity contribution in [2.24, 2.45) is 9.50 Å². The van der Waals surface area contributed by atoms with Crippen molar-refractivity contribution in [1.82, 2.24) is 4.98 Å². The zero-order valence-electron chi connectivity index (χ0n) is 17.3. The number of thiazole rings is 1. The van der Waals surface area contributed by atoms with Crippen molar-refractivity contribution < 1.29 is 18.8 Å². The monoisotopic (exact) mass is 454 g/mol. The molecule has 1 aromatic carbocycles. The minimum absolute atomic E-state index is 0.103. The zero-order valence-corrected chi connectivity index (χ0v) is 18.9. The Hall–Kier alpha value is -1.59. The number of halogens is 1. The Kier molecular flexibility index (Phi) is 5.43. The van der Waals surface area contributed by atoms with Crippen molar-refractivity contribution in [3.05, 3.63) is 38.8 Å². The second-order valence-corrected chi connectivity index (χ2v) is 11.5. The number of aryl methyl sites for hydroxylation is 1. The fourth-order valence-electron chi connectivity index (χ4n) is 4.33. The van der Waals surface area contributed by atoms with Crippen LogP contribution in [0.5, 0.6) is 0 Å². The summed E-state index contributed by atoms with van der Waals surface area (Å²) in [5.41, 5.74) is 3.10. The topological polar surface area (TPSA) is 121 Å². The average Bonchev–Trinajstić information content (AvgIpc) is 3.36. The summed E-state index contributed by atoms with van der Waals surface area (Å²) in [4.78, 5) is 4.25. The molecule has 5 N–H and O–H groups in total. The highest BCUT2D eigenvalue weighted by Crippen LogP contribution is 2.41. The fourth-order valence-corrected chi connectivity index (χ4v) is 6.89. The number of hydrogen-bond acceptors (Lipinski definition) is 7. The van der Waals surface area contributed by atoms with Gasteiger partial charge in [-0.25, -0.2) is 18.7 Å². The highest BCUT2D eigenvalue weighted by molar-refractivity contribution is 7.93. The van der Waals surface area contributed by atoms with Gasteiger partial charge in [-0.1, -0.05) is 0 Å². The maximum atomic E-state index is 14.8. The molecule has 164 valence electrons. The number of nitrogens with zero attached hydrogens (tertiary/aromatic N) is 2. The number of nitrogens with two attached hydrogens (primary N) is 1. The van der Waals surface area contributed by atoms with Crippen LogP contribution in [-0.4, -0.2) is 25.8 Å². The van der Waals surface area contributed by atoms with E-state index >= 15 is 0 Å². The van der Waals surface area contributed by atoms with Crippen LogP contribution < -0.4 is 10.5 Å². The van der Waals surface area contributed by atoms with Gasteiger partial charge in [0, 0.05) is 5.69 Å². The highest BCUT2D eigenvalue weighted by Gasteiger charge is 2.30. The fraction of sp³-hybridized carbons (Fsp3) is 0.550. The molecule has 2 aliphatic carbocycles. The lowest BCUT2D eigenvalue weighted by molar-refractivity contribution is 0.0781. The van der Waals surface area contributed by atoms with Gasteiger partial charge in [0.2, 0.25) is 6.35 Å². The van der Waals surface area contributed by atoms with Gasteiger partial charge in [0.05, 0.1) is 5.69 Å². The number of rotatable bonds is 5. The molecule has 2 aromatic rings. The molecular weight excluding hydrogens is 427 g/mol. The lowest BCUT2D eigenvalue weighted by Gasteiger charge is -2.20. The van der Waals surface area contributed by atoms with E-state index in [1.807, 2.05) is 0 Å². The Morgan fingerprint density at radius 1 is 1.20 bits per heavy atom. The van der Waals surface area contributed by atoms with Crippen LogP contribution in [0.1, 0.15) is 59.6 Å². The summed E-state index contributed by atoms with van der Waals surface area (Å²) in [5, 5.41) is 30.1. The normalized spacial score (nSPS) is 18.6. The molecule has 1 heterocycles. The maximum absolute atomic E-state index is 14.8. The van der Waals surface area contributed by atoms with Crippen LogP contribution in [0.25, 0.3) is 0 Å². The van der Waals surface area contributed by atoms with Gasteiger partial charge in [0.25, 0.3) is 0 Å². The van der Waals surface area contributed by atoms with E-state index in [0.717, 1.165) is 48.1 Å². The van der Waals surface area contributed by atoms with Crippen LogP contribution in [0.3, 0.4) is 0 Å². The molecule has 7 nitrogen and oxygen atoms in total. The summed E-state index contributed by atoms with van der Waals surface area (Å²) in [7, 11) is -3.45. The van der Waals surface area contributed by atoms with Crippen LogP contribution in [0.2, 0.25) is 0 Å². The van der Waals surface area contributed by atoms with E-state index in [1.54, 1.807) is 20.8 Å². The van der Waals surface area contributed by atoms with Gasteiger partial charge in [-0.2, -0.15) is 4.36 Å². The summed E-state index contributed by atoms with van der Waals surface area (Å²) in [6.07, 6.45) is 3.04. The van der Waals surface area contributed by atoms with E-state index in [2.05, 4.69) is 14.7 Å². The quantitative estimate of drug-likeness (QED) is 0.518. The van der Waals surface area contributed by atoms with E-state index in [9.17, 15) is 18.8 Å². The second-order valence-electron chi connectivity index (χ2n) is 8.45. The molecule has 2 atom stereocenters. The van der Waals surface area contributed by atoms with Gasteiger partial charge in [0.15, 0.2) is 0 Å². The highest BCUT2D eigenvalue weighted by atomic mass is 32.2. The summed E-state index contributed by atoms with van der Waals surface area (Å²) < 4.78 is 32.1. The number of aliphatic hydroxyl groups excluding tert-OH is 1. The summed E-state index contributed by atoms with van der Waals surface area (Å²) in [6.45, 7) is 4.80. The first-order valence-corrected chi connectivity index (χ1v) is 12.4. The molecule has 1 aromatic heterocycles. The molecule has 0 bridgehead atoms. The van der Waals surface area contributed by atoms with Crippen LogP contribution in [-0.2, 0) is 41.2 Å². The first-order chi connectivity index (χ1) is 14.0. The van der Waals surface area contributed by atoms with Gasteiger partial charge in [-0.15, -0.1) is 11.3 Å². The molecule has 0 radical (unpaired) electrons. The van der Waals surface area contributed by atoms with Crippen LogP contribution >= 0.6 is 11.3 Å². The van der Waals surface area contributed by atoms with Crippen LogP contribution in [0, 0.1) is 12.7 Å². The van der Waals surface area contributed by atoms with Gasteiger partial charge in [-0.05, 0) is 81.5 Å². The van der Waals surface area contributed by atoms with E-state index in [-0.39, 0.29) is 10.0 Å². The Balaban J connectivity index is 1.69. The molecule has 0 aliphatic heterocycles. The Morgan fingerprint density at radius 3 is 2.23 bits per heavy atom. The number of anilines is 1. The third-order valence-electron chi connectivity index (χ3n) is 5.64. The molecule has 0 amide bonds. The third kappa shape index (κ3) is 3.75. The number of aromatic nitrogens is 1. The lowest BCUT2D eigenvalue weighted by Crippen LogP contribution is -2.24. The average molecular weight is 455 g/mol. The molecule has 10 heteroatoms. The summed E-state index contributed by atoms with van der Waals surface area (Å²) in [5.74, 6) is -0.103. The molecular formula is C20H27FN4O3S2. The molecule has 0 saturated heterocycles. The largest absolute Gasteiger partial charge is 0.383 e. The Bertz CT molecular complexity index is 1100. The van der Waals surface area contributed by atoms with Gasteiger partial charge in [-0.3, -0.25) is 0 Å². The molecule has 4 rings (SSSR count). The molecule has 30 heavy (non-hydrogen) atoms. The number of nitrogens with one attached hydrogen (secondary N) is 1. The number of fused-ring (bicyclic) bond motifs is 2. The van der Waals surface area contributed by atoms with Gasteiger partial charge < -0.3 is 15.5 Å². The maximum Gasteiger partial charge on any atom is 0.233 e. The lowest BCUT2D eigenvalue weighted by atomic mass is 9.98. The Morgan fingerprint density at radius 2 is 1.73 bits per heavy atom. The zero-order chi connectivity index (χ0) is 21.8. The minimum Gasteiger partial charge on any atom is -0.383 e. The van der Waals surface area contributed by atoms with Crippen molar-refractivity contribution in [1.29, 1.82) is 0 Å². The Labute approximate surface area is 179 Å². The minimum atomic E-state index is -3.45. The van der Waals surface area contributed by atoms with Gasteiger partial charge >= 0.3 is 0 Å². The van der Waals surface area contributed by atoms with Crippen molar-refractivity contribution in [2.45, 2.75) is 75.5 Å². The first-order valence-electron chi connectivity index (χ1n) is 10.0. The number of hydrogen-bond donors (Lipinski definition) is 4. The van der Waals surface area contributed by atoms with E-state index in [0.29, 0.717) is 40.4 Å².